The van der Waals surface area contributed by atoms with Crippen molar-refractivity contribution < 1.29 is 41.1 Å². The molecular weight excluding hydrogens is 481 g/mol. The fourth-order valence-corrected chi connectivity index (χ4v) is 3.23. The molecule has 1 aliphatic rings. The molecule has 1 N–H and O–H groups in total. The second-order valence-electron chi connectivity index (χ2n) is 9.26. The third-order valence-electron chi connectivity index (χ3n) is 5.92. The van der Waals surface area contributed by atoms with E-state index in [9.17, 15) is 22.4 Å². The minimum Gasteiger partial charge on any atom is -0.445 e. The van der Waals surface area contributed by atoms with Gasteiger partial charge in [-0.05, 0) is 56.4 Å². The normalized spacial score (nSPS) is 17.2. The number of rotatable bonds is 9. The Morgan fingerprint density at radius 3 is 2.31 bits per heavy atom. The number of carbonyl (C=O) groups excluding carboxylic acids is 1. The number of benzene rings is 2. The molecular formula is C25H28BF4NO5. The van der Waals surface area contributed by atoms with Gasteiger partial charge < -0.3 is 24.1 Å². The highest BCUT2D eigenvalue weighted by Crippen LogP contribution is 2.39. The number of alkyl carbamates (subject to hydrolysis) is 1. The third-order valence-corrected chi connectivity index (χ3v) is 5.92. The van der Waals surface area contributed by atoms with Gasteiger partial charge in [-0.25, -0.2) is 4.79 Å². The summed E-state index contributed by atoms with van der Waals surface area (Å²) in [5.41, 5.74) is 0.237. The number of nitrogens with one attached hydrogen (secondary N) is 1. The molecule has 1 amide bonds. The summed E-state index contributed by atoms with van der Waals surface area (Å²) in [4.78, 5) is 12.3. The van der Waals surface area contributed by atoms with Crippen molar-refractivity contribution in [3.05, 3.63) is 71.2 Å². The summed E-state index contributed by atoms with van der Waals surface area (Å²) in [6, 6.07) is 14.4. The summed E-state index contributed by atoms with van der Waals surface area (Å²) < 4.78 is 73.3. The van der Waals surface area contributed by atoms with Crippen molar-refractivity contribution >= 4 is 19.3 Å². The number of alkyl halides is 4. The molecule has 2 aromatic rings. The number of hydrogen-bond acceptors (Lipinski definition) is 5. The van der Waals surface area contributed by atoms with Crippen LogP contribution in [0, 0.1) is 0 Å². The highest BCUT2D eigenvalue weighted by molar-refractivity contribution is 6.56. The third kappa shape index (κ3) is 7.01. The summed E-state index contributed by atoms with van der Waals surface area (Å²) in [6.07, 6.45) is -7.76. The monoisotopic (exact) mass is 509 g/mol. The number of hydrogen-bond donors (Lipinski definition) is 1. The van der Waals surface area contributed by atoms with Crippen molar-refractivity contribution in [3.8, 4) is 5.75 Å². The van der Waals surface area contributed by atoms with Gasteiger partial charge in [0, 0.05) is 6.54 Å². The van der Waals surface area contributed by atoms with E-state index >= 15 is 0 Å². The first-order valence-electron chi connectivity index (χ1n) is 11.2. The van der Waals surface area contributed by atoms with Crippen LogP contribution in [0.3, 0.4) is 0 Å². The maximum atomic E-state index is 13.4. The van der Waals surface area contributed by atoms with Gasteiger partial charge in [-0.3, -0.25) is 0 Å². The van der Waals surface area contributed by atoms with Crippen LogP contribution in [0.5, 0.6) is 5.75 Å². The van der Waals surface area contributed by atoms with Crippen molar-refractivity contribution in [3.63, 3.8) is 0 Å². The molecule has 11 heteroatoms. The van der Waals surface area contributed by atoms with Crippen molar-refractivity contribution in [1.29, 1.82) is 0 Å². The average molecular weight is 509 g/mol. The number of amides is 1. The van der Waals surface area contributed by atoms with Gasteiger partial charge in [0.1, 0.15) is 12.4 Å². The van der Waals surface area contributed by atoms with Crippen LogP contribution in [0.4, 0.5) is 22.4 Å². The van der Waals surface area contributed by atoms with Gasteiger partial charge in [0.15, 0.2) is 0 Å². The van der Waals surface area contributed by atoms with E-state index in [1.165, 1.54) is 12.1 Å². The predicted octanol–water partition coefficient (Wildman–Crippen LogP) is 5.86. The highest BCUT2D eigenvalue weighted by Gasteiger charge is 2.52. The molecule has 0 aromatic heterocycles. The lowest BCUT2D eigenvalue weighted by Gasteiger charge is -2.32. The van der Waals surface area contributed by atoms with Crippen LogP contribution in [0.25, 0.3) is 6.08 Å². The van der Waals surface area contributed by atoms with Crippen LogP contribution in [0.2, 0.25) is 0 Å². The second kappa shape index (κ2) is 10.9. The molecule has 1 saturated heterocycles. The van der Waals surface area contributed by atoms with Crippen molar-refractivity contribution in [2.24, 2.45) is 0 Å². The van der Waals surface area contributed by atoms with E-state index < -0.39 is 42.7 Å². The zero-order chi connectivity index (χ0) is 26.6. The average Bonchev–Trinajstić information content (AvgIpc) is 3.02. The lowest BCUT2D eigenvalue weighted by molar-refractivity contribution is -0.253. The summed E-state index contributed by atoms with van der Waals surface area (Å²) in [5.74, 6) is -0.447. The van der Waals surface area contributed by atoms with Gasteiger partial charge in [-0.2, -0.15) is 17.6 Å². The molecule has 0 radical (unpaired) electrons. The molecule has 0 spiro atoms. The van der Waals surface area contributed by atoms with E-state index in [1.807, 2.05) is 58.0 Å². The van der Waals surface area contributed by atoms with E-state index in [1.54, 1.807) is 12.1 Å². The number of halogens is 4. The lowest BCUT2D eigenvalue weighted by atomic mass is 9.77. The van der Waals surface area contributed by atoms with Gasteiger partial charge in [0.2, 0.25) is 0 Å². The molecule has 194 valence electrons. The second-order valence-corrected chi connectivity index (χ2v) is 9.26. The molecule has 36 heavy (non-hydrogen) atoms. The van der Waals surface area contributed by atoms with Crippen molar-refractivity contribution in [1.82, 2.24) is 5.32 Å². The fraction of sp³-hybridized carbons (Fsp3) is 0.400. The van der Waals surface area contributed by atoms with E-state index in [2.05, 4.69) is 10.1 Å². The van der Waals surface area contributed by atoms with Crippen LogP contribution in [-0.4, -0.2) is 43.5 Å². The number of carbonyl (C=O) groups is 1. The molecule has 3 rings (SSSR count). The number of ether oxygens (including phenoxy) is 2. The largest absolute Gasteiger partial charge is 0.492 e. The van der Waals surface area contributed by atoms with Crippen LogP contribution in [0.1, 0.15) is 38.8 Å². The van der Waals surface area contributed by atoms with Crippen LogP contribution in [0.15, 0.2) is 60.1 Å². The lowest BCUT2D eigenvalue weighted by Crippen LogP contribution is -2.41. The Morgan fingerprint density at radius 1 is 1.06 bits per heavy atom. The first kappa shape index (κ1) is 27.5. The van der Waals surface area contributed by atoms with Gasteiger partial charge in [0.05, 0.1) is 11.2 Å². The molecule has 2 aromatic carbocycles. The minimum absolute atomic E-state index is 0.0528. The molecule has 0 unspecified atom stereocenters. The molecule has 0 bridgehead atoms. The molecule has 0 atom stereocenters. The summed E-state index contributed by atoms with van der Waals surface area (Å²) in [7, 11) is -0.878. The van der Waals surface area contributed by atoms with Crippen LogP contribution in [-0.2, 0) is 20.7 Å². The predicted molar refractivity (Wildman–Crippen MR) is 127 cm³/mol. The van der Waals surface area contributed by atoms with Crippen LogP contribution < -0.4 is 10.1 Å². The quantitative estimate of drug-likeness (QED) is 0.339. The van der Waals surface area contributed by atoms with Crippen molar-refractivity contribution in [2.45, 2.75) is 58.0 Å². The zero-order valence-electron chi connectivity index (χ0n) is 20.4. The molecule has 0 aliphatic carbocycles. The van der Waals surface area contributed by atoms with Gasteiger partial charge in [0.25, 0.3) is 0 Å². The van der Waals surface area contributed by atoms with Gasteiger partial charge in [-0.1, -0.05) is 48.5 Å². The van der Waals surface area contributed by atoms with E-state index in [0.717, 1.165) is 11.6 Å². The topological polar surface area (TPSA) is 66.0 Å². The Morgan fingerprint density at radius 2 is 1.69 bits per heavy atom. The molecule has 6 nitrogen and oxygen atoms in total. The van der Waals surface area contributed by atoms with E-state index in [4.69, 9.17) is 14.0 Å². The van der Waals surface area contributed by atoms with Gasteiger partial charge in [-0.15, -0.1) is 0 Å². The Balaban J connectivity index is 1.78. The minimum atomic E-state index is -4.64. The van der Waals surface area contributed by atoms with E-state index in [-0.39, 0.29) is 13.2 Å². The zero-order valence-corrected chi connectivity index (χ0v) is 20.4. The van der Waals surface area contributed by atoms with Crippen molar-refractivity contribution in [2.75, 3.05) is 6.54 Å². The SMILES string of the molecule is CC1(C)OB(C(=Cc2cccc(OC(F)(F)C(F)F)c2)CNC(=O)OCc2ccccc2)OC1(C)C. The Labute approximate surface area is 207 Å². The summed E-state index contributed by atoms with van der Waals surface area (Å²) >= 11 is 0. The molecule has 0 saturated carbocycles. The van der Waals surface area contributed by atoms with Gasteiger partial charge >= 0.3 is 25.7 Å². The Bertz CT molecular complexity index is 1060. The first-order valence-corrected chi connectivity index (χ1v) is 11.2. The highest BCUT2D eigenvalue weighted by atomic mass is 19.3. The Kier molecular flexibility index (Phi) is 8.35. The maximum Gasteiger partial charge on any atom is 0.492 e. The molecule has 1 aliphatic heterocycles. The fourth-order valence-electron chi connectivity index (χ4n) is 3.23. The molecule has 1 fully saturated rings. The molecule has 1 heterocycles. The maximum absolute atomic E-state index is 13.4. The van der Waals surface area contributed by atoms with Crippen LogP contribution >= 0.6 is 0 Å². The smallest absolute Gasteiger partial charge is 0.445 e. The standard InChI is InChI=1S/C25H28BF4NO5/c1-23(2)24(3,4)36-26(35-23)19(15-31-22(32)33-16-17-9-6-5-7-10-17)13-18-11-8-12-20(14-18)34-25(29,30)21(27)28/h5-14,21H,15-16H2,1-4H3,(H,31,32). The first-order chi connectivity index (χ1) is 16.8. The Hall–Kier alpha value is -3.05. The van der Waals surface area contributed by atoms with E-state index in [0.29, 0.717) is 11.0 Å². The summed E-state index contributed by atoms with van der Waals surface area (Å²) in [5, 5.41) is 2.63. The summed E-state index contributed by atoms with van der Waals surface area (Å²) in [6.45, 7) is 7.43.